The summed E-state index contributed by atoms with van der Waals surface area (Å²) in [5.41, 5.74) is 1.03. The lowest BCUT2D eigenvalue weighted by molar-refractivity contribution is -0.178. The molecule has 3 atom stereocenters. The number of rotatable bonds is 3. The number of hydrogen-bond donors (Lipinski definition) is 0. The molecular weight excluding hydrogens is 208 g/mol. The molecular formula is C12H12O4. The summed E-state index contributed by atoms with van der Waals surface area (Å²) in [7, 11) is 0. The molecule has 0 saturated carbocycles. The Hall–Kier alpha value is -1.23. The van der Waals surface area contributed by atoms with E-state index in [-0.39, 0.29) is 18.0 Å². The number of ketones is 1. The smallest absolute Gasteiger partial charge is 0.221 e. The van der Waals surface area contributed by atoms with Crippen molar-refractivity contribution in [3.8, 4) is 0 Å². The molecule has 0 aliphatic carbocycles. The third-order valence-electron chi connectivity index (χ3n) is 2.75. The van der Waals surface area contributed by atoms with E-state index in [1.807, 2.05) is 30.3 Å². The van der Waals surface area contributed by atoms with Crippen LogP contribution in [0.2, 0.25) is 0 Å². The minimum atomic E-state index is -0.760. The van der Waals surface area contributed by atoms with Gasteiger partial charge in [-0.1, -0.05) is 30.3 Å². The van der Waals surface area contributed by atoms with Crippen LogP contribution in [0.15, 0.2) is 30.3 Å². The third-order valence-corrected chi connectivity index (χ3v) is 2.75. The van der Waals surface area contributed by atoms with Crippen LogP contribution in [-0.2, 0) is 25.6 Å². The molecule has 0 aromatic heterocycles. The molecule has 1 aromatic rings. The zero-order chi connectivity index (χ0) is 11.0. The van der Waals surface area contributed by atoms with Gasteiger partial charge in [0.2, 0.25) is 12.1 Å². The average molecular weight is 220 g/mol. The fourth-order valence-electron chi connectivity index (χ4n) is 1.79. The van der Waals surface area contributed by atoms with Crippen LogP contribution in [-0.4, -0.2) is 30.9 Å². The second kappa shape index (κ2) is 3.97. The van der Waals surface area contributed by atoms with Crippen molar-refractivity contribution in [2.24, 2.45) is 0 Å². The topological polar surface area (TPSA) is 48.1 Å². The Morgan fingerprint density at radius 2 is 2.12 bits per heavy atom. The van der Waals surface area contributed by atoms with Crippen molar-refractivity contribution in [3.63, 3.8) is 0 Å². The van der Waals surface area contributed by atoms with Crippen molar-refractivity contribution < 1.29 is 19.0 Å². The molecule has 2 aliphatic heterocycles. The van der Waals surface area contributed by atoms with Crippen LogP contribution < -0.4 is 0 Å². The van der Waals surface area contributed by atoms with E-state index in [0.29, 0.717) is 13.2 Å². The zero-order valence-corrected chi connectivity index (χ0v) is 8.67. The van der Waals surface area contributed by atoms with Crippen molar-refractivity contribution in [1.82, 2.24) is 0 Å². The van der Waals surface area contributed by atoms with E-state index in [1.165, 1.54) is 0 Å². The zero-order valence-electron chi connectivity index (χ0n) is 8.67. The van der Waals surface area contributed by atoms with Crippen molar-refractivity contribution in [3.05, 3.63) is 35.9 Å². The number of Topliss-reactive ketones (excluding diaryl/α,β-unsaturated/α-hetero) is 1. The fraction of sp³-hybridized carbons (Fsp3) is 0.417. The van der Waals surface area contributed by atoms with Gasteiger partial charge in [-0.3, -0.25) is 4.79 Å². The molecule has 0 amide bonds. The highest BCUT2D eigenvalue weighted by molar-refractivity contribution is 5.89. The number of benzene rings is 1. The largest absolute Gasteiger partial charge is 0.359 e. The van der Waals surface area contributed by atoms with E-state index in [0.717, 1.165) is 5.56 Å². The summed E-state index contributed by atoms with van der Waals surface area (Å²) in [4.78, 5) is 11.6. The summed E-state index contributed by atoms with van der Waals surface area (Å²) in [6, 6.07) is 9.70. The van der Waals surface area contributed by atoms with Gasteiger partial charge in [-0.15, -0.1) is 0 Å². The second-order valence-electron chi connectivity index (χ2n) is 3.96. The standard InChI is InChI=1S/C12H12O4/c13-10-11-9(16-11)7-15-12(10)14-6-8-4-2-1-3-5-8/h1-5,9,11-12H,6-7H2/t9-,11-,12-/m1/s1. The molecule has 0 spiro atoms. The van der Waals surface area contributed by atoms with Crippen LogP contribution in [0.4, 0.5) is 0 Å². The normalized spacial score (nSPS) is 32.2. The van der Waals surface area contributed by atoms with Crippen LogP contribution in [0.25, 0.3) is 0 Å². The first-order valence-corrected chi connectivity index (χ1v) is 5.31. The van der Waals surface area contributed by atoms with E-state index in [9.17, 15) is 4.79 Å². The van der Waals surface area contributed by atoms with Crippen LogP contribution >= 0.6 is 0 Å². The number of epoxide rings is 1. The molecule has 0 N–H and O–H groups in total. The maximum atomic E-state index is 11.6. The average Bonchev–Trinajstić information content (AvgIpc) is 3.10. The van der Waals surface area contributed by atoms with Crippen molar-refractivity contribution in [2.75, 3.05) is 6.61 Å². The summed E-state index contributed by atoms with van der Waals surface area (Å²) in [5.74, 6) is -0.0906. The monoisotopic (exact) mass is 220 g/mol. The summed E-state index contributed by atoms with van der Waals surface area (Å²) < 4.78 is 15.8. The maximum Gasteiger partial charge on any atom is 0.221 e. The lowest BCUT2D eigenvalue weighted by Crippen LogP contribution is -2.37. The first kappa shape index (κ1) is 9.96. The van der Waals surface area contributed by atoms with Gasteiger partial charge in [0.15, 0.2) is 0 Å². The van der Waals surface area contributed by atoms with Crippen molar-refractivity contribution in [2.45, 2.75) is 25.1 Å². The number of carbonyl (C=O) groups is 1. The SMILES string of the molecule is O=C1[C@H](OCc2ccccc2)OC[C@H]2O[C@@H]12. The van der Waals surface area contributed by atoms with Gasteiger partial charge in [-0.05, 0) is 5.56 Å². The lowest BCUT2D eigenvalue weighted by Gasteiger charge is -2.18. The quantitative estimate of drug-likeness (QED) is 0.710. The van der Waals surface area contributed by atoms with Crippen molar-refractivity contribution in [1.29, 1.82) is 0 Å². The van der Waals surface area contributed by atoms with Crippen molar-refractivity contribution >= 4 is 5.78 Å². The molecule has 2 heterocycles. The minimum Gasteiger partial charge on any atom is -0.359 e. The summed E-state index contributed by atoms with van der Waals surface area (Å²) >= 11 is 0. The maximum absolute atomic E-state index is 11.6. The highest BCUT2D eigenvalue weighted by Crippen LogP contribution is 2.30. The molecule has 1 aromatic carbocycles. The molecule has 2 aliphatic rings. The van der Waals surface area contributed by atoms with Crippen LogP contribution in [0.1, 0.15) is 5.56 Å². The van der Waals surface area contributed by atoms with E-state index in [1.54, 1.807) is 0 Å². The summed E-state index contributed by atoms with van der Waals surface area (Å²) in [6.45, 7) is 0.838. The first-order chi connectivity index (χ1) is 7.84. The summed E-state index contributed by atoms with van der Waals surface area (Å²) in [5, 5.41) is 0. The predicted octanol–water partition coefficient (Wildman–Crippen LogP) is 0.896. The number of ether oxygens (including phenoxy) is 3. The van der Waals surface area contributed by atoms with Gasteiger partial charge >= 0.3 is 0 Å². The first-order valence-electron chi connectivity index (χ1n) is 5.31. The van der Waals surface area contributed by atoms with E-state index >= 15 is 0 Å². The molecule has 2 saturated heterocycles. The number of fused-ring (bicyclic) bond motifs is 1. The molecule has 0 unspecified atom stereocenters. The Morgan fingerprint density at radius 1 is 1.31 bits per heavy atom. The van der Waals surface area contributed by atoms with E-state index in [4.69, 9.17) is 14.2 Å². The highest BCUT2D eigenvalue weighted by atomic mass is 16.7. The Morgan fingerprint density at radius 3 is 2.94 bits per heavy atom. The van der Waals surface area contributed by atoms with Gasteiger partial charge in [0.05, 0.1) is 13.2 Å². The van der Waals surface area contributed by atoms with Gasteiger partial charge in [-0.2, -0.15) is 0 Å². The molecule has 3 rings (SSSR count). The molecule has 84 valence electrons. The minimum absolute atomic E-state index is 0.0240. The van der Waals surface area contributed by atoms with E-state index in [2.05, 4.69) is 0 Å². The second-order valence-corrected chi connectivity index (χ2v) is 3.96. The Balaban J connectivity index is 1.57. The number of hydrogen-bond acceptors (Lipinski definition) is 4. The van der Waals surface area contributed by atoms with E-state index < -0.39 is 6.29 Å². The van der Waals surface area contributed by atoms with Crippen LogP contribution in [0, 0.1) is 0 Å². The lowest BCUT2D eigenvalue weighted by atomic mass is 10.2. The Bertz CT molecular complexity index is 389. The van der Waals surface area contributed by atoms with Gasteiger partial charge in [0.25, 0.3) is 0 Å². The van der Waals surface area contributed by atoms with Crippen LogP contribution in [0.3, 0.4) is 0 Å². The molecule has 4 heteroatoms. The van der Waals surface area contributed by atoms with Gasteiger partial charge in [-0.25, -0.2) is 0 Å². The molecule has 2 fully saturated rings. The fourth-order valence-corrected chi connectivity index (χ4v) is 1.79. The molecule has 0 radical (unpaired) electrons. The Kier molecular flexibility index (Phi) is 2.47. The summed E-state index contributed by atoms with van der Waals surface area (Å²) in [6.07, 6.45) is -1.07. The van der Waals surface area contributed by atoms with Gasteiger partial charge < -0.3 is 14.2 Å². The Labute approximate surface area is 93.1 Å². The van der Waals surface area contributed by atoms with Crippen LogP contribution in [0.5, 0.6) is 0 Å². The number of carbonyl (C=O) groups excluding carboxylic acids is 1. The molecule has 4 nitrogen and oxygen atoms in total. The highest BCUT2D eigenvalue weighted by Gasteiger charge is 2.52. The molecule has 0 bridgehead atoms. The molecule has 16 heavy (non-hydrogen) atoms. The van der Waals surface area contributed by atoms with Gasteiger partial charge in [0, 0.05) is 0 Å². The van der Waals surface area contributed by atoms with Gasteiger partial charge in [0.1, 0.15) is 12.2 Å². The predicted molar refractivity (Wildman–Crippen MR) is 54.6 cm³/mol. The third kappa shape index (κ3) is 1.87.